The van der Waals surface area contributed by atoms with E-state index in [1.54, 1.807) is 0 Å². The number of nitrogens with two attached hydrogens (primary N) is 1. The van der Waals surface area contributed by atoms with Gasteiger partial charge in [0.05, 0.1) is 0 Å². The topological polar surface area (TPSA) is 84.2 Å². The lowest BCUT2D eigenvalue weighted by atomic mass is 9.71. The Labute approximate surface area is 142 Å². The number of carbonyl (C=O) groups is 2. The molecule has 1 aromatic rings. The van der Waals surface area contributed by atoms with Gasteiger partial charge in [-0.15, -0.1) is 0 Å². The van der Waals surface area contributed by atoms with Gasteiger partial charge in [-0.25, -0.2) is 4.39 Å². The van der Waals surface area contributed by atoms with Gasteiger partial charge in [0.2, 0.25) is 5.91 Å². The van der Waals surface area contributed by atoms with E-state index in [2.05, 4.69) is 10.6 Å². The van der Waals surface area contributed by atoms with Crippen LogP contribution < -0.4 is 16.4 Å². The Morgan fingerprint density at radius 1 is 1.04 bits per heavy atom. The lowest BCUT2D eigenvalue weighted by molar-refractivity contribution is -0.123. The number of hydrogen-bond acceptors (Lipinski definition) is 3. The second kappa shape index (κ2) is 8.78. The minimum absolute atomic E-state index is 0.0154. The van der Waals surface area contributed by atoms with Crippen molar-refractivity contribution in [1.82, 2.24) is 10.6 Å². The largest absolute Gasteiger partial charge is 0.354 e. The first-order valence-electron chi connectivity index (χ1n) is 8.55. The third-order valence-corrected chi connectivity index (χ3v) is 4.72. The first kappa shape index (κ1) is 18.4. The first-order valence-corrected chi connectivity index (χ1v) is 8.55. The Kier molecular flexibility index (Phi) is 6.73. The molecule has 0 unspecified atom stereocenters. The average molecular weight is 335 g/mol. The normalized spacial score (nSPS) is 16.4. The zero-order valence-corrected chi connectivity index (χ0v) is 13.9. The number of carbonyl (C=O) groups excluding carboxylic acids is 2. The SMILES string of the molecule is NCC1(CC(=O)NCCNC(=O)c2ccc(F)cc2)CCCCC1. The maximum Gasteiger partial charge on any atom is 0.251 e. The van der Waals surface area contributed by atoms with Gasteiger partial charge >= 0.3 is 0 Å². The van der Waals surface area contributed by atoms with Crippen LogP contribution in [0.25, 0.3) is 0 Å². The van der Waals surface area contributed by atoms with Crippen LogP contribution in [0.15, 0.2) is 24.3 Å². The van der Waals surface area contributed by atoms with Crippen LogP contribution in [0, 0.1) is 11.2 Å². The van der Waals surface area contributed by atoms with E-state index < -0.39 is 0 Å². The molecule has 4 N–H and O–H groups in total. The molecule has 0 aromatic heterocycles. The summed E-state index contributed by atoms with van der Waals surface area (Å²) in [5.74, 6) is -0.677. The van der Waals surface area contributed by atoms with Gasteiger partial charge in [-0.3, -0.25) is 9.59 Å². The van der Waals surface area contributed by atoms with Gasteiger partial charge in [0, 0.05) is 25.1 Å². The number of rotatable bonds is 7. The molecule has 6 heteroatoms. The summed E-state index contributed by atoms with van der Waals surface area (Å²) in [5, 5.41) is 5.54. The molecule has 0 aliphatic heterocycles. The molecule has 0 spiro atoms. The fraction of sp³-hybridized carbons (Fsp3) is 0.556. The van der Waals surface area contributed by atoms with E-state index in [1.807, 2.05) is 0 Å². The van der Waals surface area contributed by atoms with E-state index in [4.69, 9.17) is 5.73 Å². The Morgan fingerprint density at radius 3 is 2.29 bits per heavy atom. The van der Waals surface area contributed by atoms with Crippen LogP contribution >= 0.6 is 0 Å². The van der Waals surface area contributed by atoms with Crippen molar-refractivity contribution in [2.75, 3.05) is 19.6 Å². The molecule has 24 heavy (non-hydrogen) atoms. The minimum Gasteiger partial charge on any atom is -0.354 e. The molecule has 2 amide bonds. The molecule has 5 nitrogen and oxygen atoms in total. The van der Waals surface area contributed by atoms with Gasteiger partial charge in [0.25, 0.3) is 5.91 Å². The molecule has 2 rings (SSSR count). The Balaban J connectivity index is 1.68. The van der Waals surface area contributed by atoms with Crippen molar-refractivity contribution in [3.05, 3.63) is 35.6 Å². The summed E-state index contributed by atoms with van der Waals surface area (Å²) in [7, 11) is 0. The molecule has 0 radical (unpaired) electrons. The molecule has 0 atom stereocenters. The molecular weight excluding hydrogens is 309 g/mol. The highest BCUT2D eigenvalue weighted by molar-refractivity contribution is 5.94. The molecule has 0 saturated heterocycles. The molecule has 132 valence electrons. The monoisotopic (exact) mass is 335 g/mol. The smallest absolute Gasteiger partial charge is 0.251 e. The highest BCUT2D eigenvalue weighted by Crippen LogP contribution is 2.38. The molecular formula is C18H26FN3O2. The number of amides is 2. The van der Waals surface area contributed by atoms with Crippen LogP contribution in [0.3, 0.4) is 0 Å². The zero-order chi connectivity index (χ0) is 17.4. The van der Waals surface area contributed by atoms with Crippen LogP contribution in [0.5, 0.6) is 0 Å². The summed E-state index contributed by atoms with van der Waals surface area (Å²) in [6.45, 7) is 1.24. The first-order chi connectivity index (χ1) is 11.5. The fourth-order valence-electron chi connectivity index (χ4n) is 3.24. The standard InChI is InChI=1S/C18H26FN3O2/c19-15-6-4-14(5-7-15)17(24)22-11-10-21-16(23)12-18(13-20)8-2-1-3-9-18/h4-7H,1-3,8-13,20H2,(H,21,23)(H,22,24). The number of halogens is 1. The van der Waals surface area contributed by atoms with Crippen LogP contribution in [0.1, 0.15) is 48.9 Å². The van der Waals surface area contributed by atoms with Gasteiger partial charge < -0.3 is 16.4 Å². The van der Waals surface area contributed by atoms with Crippen molar-refractivity contribution < 1.29 is 14.0 Å². The number of hydrogen-bond donors (Lipinski definition) is 3. The molecule has 1 saturated carbocycles. The highest BCUT2D eigenvalue weighted by Gasteiger charge is 2.32. The van der Waals surface area contributed by atoms with E-state index in [1.165, 1.54) is 30.7 Å². The van der Waals surface area contributed by atoms with Crippen molar-refractivity contribution in [3.63, 3.8) is 0 Å². The quantitative estimate of drug-likeness (QED) is 0.666. The summed E-state index contributed by atoms with van der Waals surface area (Å²) in [6, 6.07) is 5.34. The van der Waals surface area contributed by atoms with E-state index in [-0.39, 0.29) is 23.0 Å². The molecule has 1 fully saturated rings. The van der Waals surface area contributed by atoms with E-state index in [9.17, 15) is 14.0 Å². The third-order valence-electron chi connectivity index (χ3n) is 4.72. The maximum absolute atomic E-state index is 12.8. The van der Waals surface area contributed by atoms with Crippen molar-refractivity contribution in [2.24, 2.45) is 11.1 Å². The van der Waals surface area contributed by atoms with Gasteiger partial charge in [-0.1, -0.05) is 19.3 Å². The van der Waals surface area contributed by atoms with Crippen molar-refractivity contribution in [1.29, 1.82) is 0 Å². The summed E-state index contributed by atoms with van der Waals surface area (Å²) in [6.07, 6.45) is 5.97. The minimum atomic E-state index is -0.379. The van der Waals surface area contributed by atoms with Gasteiger partial charge in [0.15, 0.2) is 0 Å². The predicted molar refractivity (Wildman–Crippen MR) is 90.9 cm³/mol. The average Bonchev–Trinajstić information content (AvgIpc) is 2.60. The van der Waals surface area contributed by atoms with Crippen molar-refractivity contribution in [3.8, 4) is 0 Å². The number of nitrogens with one attached hydrogen (secondary N) is 2. The zero-order valence-electron chi connectivity index (χ0n) is 13.9. The molecule has 0 bridgehead atoms. The van der Waals surface area contributed by atoms with Crippen LogP contribution in [0.2, 0.25) is 0 Å². The lowest BCUT2D eigenvalue weighted by Gasteiger charge is -2.35. The van der Waals surface area contributed by atoms with Crippen LogP contribution in [0.4, 0.5) is 4.39 Å². The Bertz CT molecular complexity index is 554. The van der Waals surface area contributed by atoms with E-state index in [0.29, 0.717) is 31.6 Å². The molecule has 1 aromatic carbocycles. The Hall–Kier alpha value is -1.95. The van der Waals surface area contributed by atoms with Crippen LogP contribution in [-0.2, 0) is 4.79 Å². The second-order valence-electron chi connectivity index (χ2n) is 6.55. The van der Waals surface area contributed by atoms with Crippen LogP contribution in [-0.4, -0.2) is 31.4 Å². The summed E-state index contributed by atoms with van der Waals surface area (Å²) in [4.78, 5) is 24.0. The predicted octanol–water partition coefficient (Wildman–Crippen LogP) is 1.97. The lowest BCUT2D eigenvalue weighted by Crippen LogP contribution is -2.40. The third kappa shape index (κ3) is 5.30. The molecule has 1 aliphatic carbocycles. The van der Waals surface area contributed by atoms with Crippen molar-refractivity contribution in [2.45, 2.75) is 38.5 Å². The fourth-order valence-corrected chi connectivity index (χ4v) is 3.24. The number of benzene rings is 1. The second-order valence-corrected chi connectivity index (χ2v) is 6.55. The van der Waals surface area contributed by atoms with Gasteiger partial charge in [-0.05, 0) is 49.1 Å². The van der Waals surface area contributed by atoms with E-state index >= 15 is 0 Å². The summed E-state index contributed by atoms with van der Waals surface area (Å²) >= 11 is 0. The maximum atomic E-state index is 12.8. The summed E-state index contributed by atoms with van der Waals surface area (Å²) in [5.41, 5.74) is 6.23. The van der Waals surface area contributed by atoms with Gasteiger partial charge in [-0.2, -0.15) is 0 Å². The Morgan fingerprint density at radius 2 is 1.67 bits per heavy atom. The molecule has 1 aliphatic rings. The highest BCUT2D eigenvalue weighted by atomic mass is 19.1. The summed E-state index contributed by atoms with van der Waals surface area (Å²) < 4.78 is 12.8. The van der Waals surface area contributed by atoms with E-state index in [0.717, 1.165) is 25.7 Å². The molecule has 0 heterocycles. The van der Waals surface area contributed by atoms with Crippen molar-refractivity contribution >= 4 is 11.8 Å². The van der Waals surface area contributed by atoms with Gasteiger partial charge in [0.1, 0.15) is 5.82 Å².